The van der Waals surface area contributed by atoms with Crippen LogP contribution in [0.4, 0.5) is 0 Å². The van der Waals surface area contributed by atoms with Crippen LogP contribution in [0.2, 0.25) is 0 Å². The zero-order valence-electron chi connectivity index (χ0n) is 6.84. The van der Waals surface area contributed by atoms with Crippen LogP contribution in [0.25, 0.3) is 0 Å². The van der Waals surface area contributed by atoms with Gasteiger partial charge < -0.3 is 5.32 Å². The maximum Gasteiger partial charge on any atom is 0.158 e. The molecular weight excluding hydrogens is 150 g/mol. The van der Waals surface area contributed by atoms with Crippen LogP contribution in [-0.4, -0.2) is 20.3 Å². The molecule has 1 N–H and O–H groups in total. The van der Waals surface area contributed by atoms with Gasteiger partial charge in [0.1, 0.15) is 4.87 Å². The van der Waals surface area contributed by atoms with E-state index in [9.17, 15) is 8.42 Å². The van der Waals surface area contributed by atoms with Crippen LogP contribution in [0.1, 0.15) is 20.8 Å². The molecule has 0 aromatic heterocycles. The highest BCUT2D eigenvalue weighted by molar-refractivity contribution is 7.74. The van der Waals surface area contributed by atoms with E-state index in [-0.39, 0.29) is 5.92 Å². The van der Waals surface area contributed by atoms with Gasteiger partial charge in [0.25, 0.3) is 0 Å². The number of nitrogens with one attached hydrogen (secondary N) is 1. The molecule has 0 aliphatic carbocycles. The molecule has 1 atom stereocenters. The monoisotopic (exact) mass is 165 g/mol. The molecule has 0 aliphatic rings. The van der Waals surface area contributed by atoms with E-state index in [1.165, 1.54) is 0 Å². The maximum atomic E-state index is 10.7. The molecule has 0 aromatic carbocycles. The molecule has 0 radical (unpaired) electrons. The standard InChI is InChI=1S/C6H15NO2S/c1-5(2)6(3,7-4)10(8)9/h5,7,10H,1-4H3. The van der Waals surface area contributed by atoms with Crippen LogP contribution in [0, 0.1) is 5.92 Å². The molecule has 1 unspecified atom stereocenters. The second-order valence-electron chi connectivity index (χ2n) is 2.81. The molecule has 0 saturated heterocycles. The third-order valence-electron chi connectivity index (χ3n) is 2.01. The molecule has 4 heteroatoms. The zero-order valence-corrected chi connectivity index (χ0v) is 7.74. The van der Waals surface area contributed by atoms with Gasteiger partial charge in [0.05, 0.1) is 0 Å². The van der Waals surface area contributed by atoms with Gasteiger partial charge in [-0.15, -0.1) is 0 Å². The Morgan fingerprint density at radius 3 is 1.80 bits per heavy atom. The lowest BCUT2D eigenvalue weighted by atomic mass is 10.1. The Labute approximate surface area is 63.8 Å². The van der Waals surface area contributed by atoms with Crippen molar-refractivity contribution in [3.63, 3.8) is 0 Å². The van der Waals surface area contributed by atoms with Gasteiger partial charge in [0.15, 0.2) is 10.7 Å². The second kappa shape index (κ2) is 3.34. The first-order valence-electron chi connectivity index (χ1n) is 3.28. The first-order valence-corrected chi connectivity index (χ1v) is 4.46. The van der Waals surface area contributed by atoms with Crippen LogP contribution < -0.4 is 5.32 Å². The molecule has 0 amide bonds. The lowest BCUT2D eigenvalue weighted by Gasteiger charge is -2.26. The highest BCUT2D eigenvalue weighted by Gasteiger charge is 2.29. The summed E-state index contributed by atoms with van der Waals surface area (Å²) in [5.74, 6) is 0.0959. The van der Waals surface area contributed by atoms with Gasteiger partial charge in [-0.3, -0.25) is 0 Å². The summed E-state index contributed by atoms with van der Waals surface area (Å²) in [7, 11) is -0.739. The summed E-state index contributed by atoms with van der Waals surface area (Å²) < 4.78 is 21.3. The minimum Gasteiger partial charge on any atom is -0.302 e. The van der Waals surface area contributed by atoms with Crippen molar-refractivity contribution in [1.82, 2.24) is 5.32 Å². The molecule has 0 rings (SSSR count). The van der Waals surface area contributed by atoms with E-state index >= 15 is 0 Å². The topological polar surface area (TPSA) is 46.2 Å². The molecule has 62 valence electrons. The average Bonchev–Trinajstić information content (AvgIpc) is 1.85. The summed E-state index contributed by atoms with van der Waals surface area (Å²) >= 11 is 0. The Bertz CT molecular complexity index is 169. The number of hydrogen-bond donors (Lipinski definition) is 2. The minimum absolute atomic E-state index is 0.0959. The molecule has 0 aromatic rings. The Balaban J connectivity index is 4.55. The van der Waals surface area contributed by atoms with Crippen molar-refractivity contribution < 1.29 is 8.42 Å². The molecule has 10 heavy (non-hydrogen) atoms. The third-order valence-corrected chi connectivity index (χ3v) is 3.51. The van der Waals surface area contributed by atoms with Crippen molar-refractivity contribution in [2.24, 2.45) is 5.92 Å². The van der Waals surface area contributed by atoms with Crippen molar-refractivity contribution in [2.75, 3.05) is 7.05 Å². The van der Waals surface area contributed by atoms with Gasteiger partial charge in [-0.05, 0) is 19.9 Å². The fourth-order valence-electron chi connectivity index (χ4n) is 0.591. The fourth-order valence-corrected chi connectivity index (χ4v) is 1.19. The van der Waals surface area contributed by atoms with Crippen LogP contribution >= 0.6 is 0 Å². The Kier molecular flexibility index (Phi) is 3.31. The Morgan fingerprint density at radius 2 is 1.80 bits per heavy atom. The lowest BCUT2D eigenvalue weighted by Crippen LogP contribution is -2.45. The molecule has 0 saturated carbocycles. The number of thiol groups is 1. The van der Waals surface area contributed by atoms with Gasteiger partial charge >= 0.3 is 0 Å². The van der Waals surface area contributed by atoms with E-state index < -0.39 is 15.6 Å². The molecular formula is C6H15NO2S. The molecule has 0 bridgehead atoms. The van der Waals surface area contributed by atoms with Crippen LogP contribution in [0.3, 0.4) is 0 Å². The maximum absolute atomic E-state index is 10.7. The summed E-state index contributed by atoms with van der Waals surface area (Å²) in [6, 6.07) is 0. The smallest absolute Gasteiger partial charge is 0.158 e. The molecule has 0 heterocycles. The zero-order chi connectivity index (χ0) is 8.36. The molecule has 0 aliphatic heterocycles. The van der Waals surface area contributed by atoms with Crippen molar-refractivity contribution in [1.29, 1.82) is 0 Å². The first-order chi connectivity index (χ1) is 4.45. The second-order valence-corrected chi connectivity index (χ2v) is 4.25. The Hall–Kier alpha value is -0.0900. The van der Waals surface area contributed by atoms with Gasteiger partial charge in [0, 0.05) is 0 Å². The summed E-state index contributed by atoms with van der Waals surface area (Å²) in [6.07, 6.45) is 0. The van der Waals surface area contributed by atoms with E-state index in [1.54, 1.807) is 14.0 Å². The Morgan fingerprint density at radius 1 is 1.40 bits per heavy atom. The number of hydrogen-bond acceptors (Lipinski definition) is 3. The minimum atomic E-state index is -2.40. The normalized spacial score (nSPS) is 17.8. The van der Waals surface area contributed by atoms with E-state index in [4.69, 9.17) is 0 Å². The van der Waals surface area contributed by atoms with Crippen molar-refractivity contribution in [3.05, 3.63) is 0 Å². The molecule has 0 spiro atoms. The van der Waals surface area contributed by atoms with Crippen LogP contribution in [0.15, 0.2) is 0 Å². The van der Waals surface area contributed by atoms with Crippen LogP contribution in [0.5, 0.6) is 0 Å². The highest BCUT2D eigenvalue weighted by atomic mass is 32.2. The predicted octanol–water partition coefficient (Wildman–Crippen LogP) is 0.189. The largest absolute Gasteiger partial charge is 0.302 e. The summed E-state index contributed by atoms with van der Waals surface area (Å²) in [6.45, 7) is 5.44. The van der Waals surface area contributed by atoms with E-state index in [0.29, 0.717) is 0 Å². The number of rotatable bonds is 3. The summed E-state index contributed by atoms with van der Waals surface area (Å²) in [4.78, 5) is -0.755. The quantitative estimate of drug-likeness (QED) is 0.587. The van der Waals surface area contributed by atoms with E-state index in [1.807, 2.05) is 13.8 Å². The average molecular weight is 165 g/mol. The van der Waals surface area contributed by atoms with Gasteiger partial charge in [-0.2, -0.15) is 0 Å². The highest BCUT2D eigenvalue weighted by Crippen LogP contribution is 2.15. The summed E-state index contributed by atoms with van der Waals surface area (Å²) in [5, 5.41) is 2.78. The fraction of sp³-hybridized carbons (Fsp3) is 1.00. The van der Waals surface area contributed by atoms with Gasteiger partial charge in [0.2, 0.25) is 0 Å². The molecule has 3 nitrogen and oxygen atoms in total. The van der Waals surface area contributed by atoms with Crippen molar-refractivity contribution in [2.45, 2.75) is 25.6 Å². The lowest BCUT2D eigenvalue weighted by molar-refractivity contribution is 0.389. The van der Waals surface area contributed by atoms with Crippen LogP contribution in [-0.2, 0) is 10.7 Å². The first kappa shape index (κ1) is 9.91. The predicted molar refractivity (Wildman–Crippen MR) is 42.6 cm³/mol. The van der Waals surface area contributed by atoms with Gasteiger partial charge in [-0.25, -0.2) is 8.42 Å². The van der Waals surface area contributed by atoms with E-state index in [0.717, 1.165) is 0 Å². The van der Waals surface area contributed by atoms with E-state index in [2.05, 4.69) is 5.32 Å². The molecule has 0 fully saturated rings. The van der Waals surface area contributed by atoms with Crippen molar-refractivity contribution in [3.8, 4) is 0 Å². The SMILES string of the molecule is CNC(C)(C(C)C)[SH](=O)=O. The van der Waals surface area contributed by atoms with Gasteiger partial charge in [-0.1, -0.05) is 13.8 Å². The van der Waals surface area contributed by atoms with Crippen molar-refractivity contribution >= 4 is 10.7 Å². The summed E-state index contributed by atoms with van der Waals surface area (Å²) in [5.41, 5.74) is 0. The third kappa shape index (κ3) is 1.70.